The number of nitrogens with zero attached hydrogens (tertiary/aromatic N) is 2. The maximum atomic E-state index is 13.5. The molecule has 3 rings (SSSR count). The number of carbonyl (C=O) groups excluding carboxylic acids is 2. The molecular formula is C25H32N2O3. The van der Waals surface area contributed by atoms with E-state index in [0.29, 0.717) is 30.0 Å². The van der Waals surface area contributed by atoms with Gasteiger partial charge in [0.15, 0.2) is 5.78 Å². The Bertz CT molecular complexity index is 842. The van der Waals surface area contributed by atoms with Gasteiger partial charge in [-0.15, -0.1) is 0 Å². The minimum atomic E-state index is -0.0947. The lowest BCUT2D eigenvalue weighted by Crippen LogP contribution is -2.41. The molecular weight excluding hydrogens is 376 g/mol. The van der Waals surface area contributed by atoms with Crippen LogP contribution in [0.25, 0.3) is 0 Å². The summed E-state index contributed by atoms with van der Waals surface area (Å²) in [5.41, 5.74) is 1.85. The zero-order valence-electron chi connectivity index (χ0n) is 18.1. The van der Waals surface area contributed by atoms with E-state index in [4.69, 9.17) is 4.74 Å². The Kier molecular flexibility index (Phi) is 8.03. The molecule has 0 saturated carbocycles. The molecule has 1 fully saturated rings. The fourth-order valence-corrected chi connectivity index (χ4v) is 3.83. The van der Waals surface area contributed by atoms with Crippen LogP contribution >= 0.6 is 0 Å². The van der Waals surface area contributed by atoms with Gasteiger partial charge in [0.25, 0.3) is 5.91 Å². The lowest BCUT2D eigenvalue weighted by Gasteiger charge is -2.31. The van der Waals surface area contributed by atoms with Gasteiger partial charge in [-0.3, -0.25) is 9.59 Å². The zero-order valence-corrected chi connectivity index (χ0v) is 18.1. The lowest BCUT2D eigenvalue weighted by atomic mass is 10.1. The van der Waals surface area contributed by atoms with Crippen LogP contribution in [-0.4, -0.2) is 49.4 Å². The van der Waals surface area contributed by atoms with E-state index in [1.165, 1.54) is 19.3 Å². The Labute approximate surface area is 179 Å². The highest BCUT2D eigenvalue weighted by Gasteiger charge is 2.23. The summed E-state index contributed by atoms with van der Waals surface area (Å²) in [6.45, 7) is 7.75. The number of likely N-dealkylation sites (tertiary alicyclic amines) is 1. The number of Topliss-reactive ketones (excluding diaryl/α,β-unsaturated/α-hetero) is 1. The number of carbonyl (C=O) groups is 2. The monoisotopic (exact) mass is 408 g/mol. The maximum absolute atomic E-state index is 13.5. The fourth-order valence-electron chi connectivity index (χ4n) is 3.83. The molecule has 5 heteroatoms. The van der Waals surface area contributed by atoms with Crippen molar-refractivity contribution in [3.05, 3.63) is 59.7 Å². The maximum Gasteiger partial charge on any atom is 0.258 e. The molecule has 160 valence electrons. The van der Waals surface area contributed by atoms with Crippen LogP contribution in [0, 0.1) is 0 Å². The predicted molar refractivity (Wildman–Crippen MR) is 121 cm³/mol. The first kappa shape index (κ1) is 22.0. The number of benzene rings is 2. The van der Waals surface area contributed by atoms with Crippen LogP contribution in [0.1, 0.15) is 60.2 Å². The summed E-state index contributed by atoms with van der Waals surface area (Å²) in [6, 6.07) is 14.7. The third kappa shape index (κ3) is 5.70. The first-order valence-electron chi connectivity index (χ1n) is 11.0. The first-order valence-corrected chi connectivity index (χ1v) is 11.0. The van der Waals surface area contributed by atoms with E-state index in [1.807, 2.05) is 30.3 Å². The standard InChI is InChI=1S/C25H32N2O3/c1-3-19-30-22-13-11-21(12-14-22)25(29)27(18-17-26-15-7-4-8-16-26)24-10-6-5-9-23(24)20(2)28/h5-6,9-14H,3-4,7-8,15-19H2,1-2H3. The third-order valence-corrected chi connectivity index (χ3v) is 5.48. The number of amides is 1. The van der Waals surface area contributed by atoms with Gasteiger partial charge >= 0.3 is 0 Å². The average molecular weight is 409 g/mol. The molecule has 1 amide bonds. The highest BCUT2D eigenvalue weighted by molar-refractivity contribution is 6.10. The van der Waals surface area contributed by atoms with Crippen molar-refractivity contribution in [1.29, 1.82) is 0 Å². The highest BCUT2D eigenvalue weighted by Crippen LogP contribution is 2.24. The third-order valence-electron chi connectivity index (χ3n) is 5.48. The Morgan fingerprint density at radius 1 is 1.00 bits per heavy atom. The predicted octanol–water partition coefficient (Wildman–Crippen LogP) is 4.81. The number of ether oxygens (including phenoxy) is 1. The van der Waals surface area contributed by atoms with Crippen molar-refractivity contribution in [3.8, 4) is 5.75 Å². The molecule has 30 heavy (non-hydrogen) atoms. The summed E-state index contributed by atoms with van der Waals surface area (Å²) in [7, 11) is 0. The SMILES string of the molecule is CCCOc1ccc(C(=O)N(CCN2CCCCC2)c2ccccc2C(C)=O)cc1. The number of hydrogen-bond acceptors (Lipinski definition) is 4. The lowest BCUT2D eigenvalue weighted by molar-refractivity contribution is 0.0982. The molecule has 0 radical (unpaired) electrons. The second-order valence-corrected chi connectivity index (χ2v) is 7.81. The van der Waals surface area contributed by atoms with Crippen LogP contribution in [0.2, 0.25) is 0 Å². The van der Waals surface area contributed by atoms with E-state index < -0.39 is 0 Å². The second-order valence-electron chi connectivity index (χ2n) is 7.81. The molecule has 2 aromatic rings. The molecule has 2 aromatic carbocycles. The van der Waals surface area contributed by atoms with Gasteiger partial charge in [0.05, 0.1) is 12.3 Å². The number of ketones is 1. The first-order chi connectivity index (χ1) is 14.6. The zero-order chi connectivity index (χ0) is 21.3. The van der Waals surface area contributed by atoms with Gasteiger partial charge in [-0.2, -0.15) is 0 Å². The second kappa shape index (κ2) is 10.9. The normalized spacial score (nSPS) is 14.3. The molecule has 1 saturated heterocycles. The van der Waals surface area contributed by atoms with E-state index in [9.17, 15) is 9.59 Å². The van der Waals surface area contributed by atoms with Crippen molar-refractivity contribution < 1.29 is 14.3 Å². The van der Waals surface area contributed by atoms with Crippen molar-refractivity contribution >= 4 is 17.4 Å². The quantitative estimate of drug-likeness (QED) is 0.559. The smallest absolute Gasteiger partial charge is 0.258 e. The topological polar surface area (TPSA) is 49.9 Å². The Balaban J connectivity index is 1.84. The summed E-state index contributed by atoms with van der Waals surface area (Å²) in [5, 5.41) is 0. The van der Waals surface area contributed by atoms with Crippen LogP contribution < -0.4 is 9.64 Å². The number of rotatable bonds is 9. The molecule has 0 N–H and O–H groups in total. The fraction of sp³-hybridized carbons (Fsp3) is 0.440. The van der Waals surface area contributed by atoms with Gasteiger partial charge in [0.1, 0.15) is 5.75 Å². The van der Waals surface area contributed by atoms with Gasteiger partial charge in [-0.25, -0.2) is 0 Å². The van der Waals surface area contributed by atoms with E-state index in [-0.39, 0.29) is 11.7 Å². The van der Waals surface area contributed by atoms with Crippen LogP contribution in [-0.2, 0) is 0 Å². The summed E-state index contributed by atoms with van der Waals surface area (Å²) in [4.78, 5) is 29.9. The molecule has 0 bridgehead atoms. The van der Waals surface area contributed by atoms with Crippen LogP contribution in [0.15, 0.2) is 48.5 Å². The Morgan fingerprint density at radius 2 is 1.70 bits per heavy atom. The van der Waals surface area contributed by atoms with Crippen molar-refractivity contribution in [3.63, 3.8) is 0 Å². The molecule has 0 unspecified atom stereocenters. The largest absolute Gasteiger partial charge is 0.494 e. The van der Waals surface area contributed by atoms with Gasteiger partial charge in [0, 0.05) is 24.2 Å². The molecule has 1 heterocycles. The minimum absolute atomic E-state index is 0.0373. The summed E-state index contributed by atoms with van der Waals surface area (Å²) < 4.78 is 5.64. The molecule has 0 atom stereocenters. The molecule has 1 aliphatic heterocycles. The molecule has 0 spiro atoms. The summed E-state index contributed by atoms with van der Waals surface area (Å²) in [6.07, 6.45) is 4.62. The van der Waals surface area contributed by atoms with E-state index in [0.717, 1.165) is 31.8 Å². The van der Waals surface area contributed by atoms with E-state index >= 15 is 0 Å². The van der Waals surface area contributed by atoms with Crippen LogP contribution in [0.4, 0.5) is 5.69 Å². The summed E-state index contributed by atoms with van der Waals surface area (Å²) in [5.74, 6) is 0.629. The van der Waals surface area contributed by atoms with Crippen molar-refractivity contribution in [1.82, 2.24) is 4.90 Å². The summed E-state index contributed by atoms with van der Waals surface area (Å²) >= 11 is 0. The highest BCUT2D eigenvalue weighted by atomic mass is 16.5. The van der Waals surface area contributed by atoms with Gasteiger partial charge in [0.2, 0.25) is 0 Å². The van der Waals surface area contributed by atoms with E-state index in [2.05, 4.69) is 11.8 Å². The number of hydrogen-bond donors (Lipinski definition) is 0. The van der Waals surface area contributed by atoms with Crippen molar-refractivity contribution in [2.45, 2.75) is 39.5 Å². The van der Waals surface area contributed by atoms with Gasteiger partial charge < -0.3 is 14.5 Å². The van der Waals surface area contributed by atoms with Crippen LogP contribution in [0.3, 0.4) is 0 Å². The molecule has 1 aliphatic rings. The number of anilines is 1. The number of para-hydroxylation sites is 1. The Morgan fingerprint density at radius 3 is 2.37 bits per heavy atom. The average Bonchev–Trinajstić information content (AvgIpc) is 2.79. The van der Waals surface area contributed by atoms with Crippen molar-refractivity contribution in [2.24, 2.45) is 0 Å². The Hall–Kier alpha value is -2.66. The van der Waals surface area contributed by atoms with Gasteiger partial charge in [-0.05, 0) is 75.7 Å². The minimum Gasteiger partial charge on any atom is -0.494 e. The van der Waals surface area contributed by atoms with E-state index in [1.54, 1.807) is 30.0 Å². The van der Waals surface area contributed by atoms with Gasteiger partial charge in [-0.1, -0.05) is 25.5 Å². The van der Waals surface area contributed by atoms with Crippen LogP contribution in [0.5, 0.6) is 5.75 Å². The number of piperidine rings is 1. The van der Waals surface area contributed by atoms with Crippen molar-refractivity contribution in [2.75, 3.05) is 37.7 Å². The molecule has 0 aliphatic carbocycles. The molecule has 0 aromatic heterocycles. The molecule has 5 nitrogen and oxygen atoms in total.